The second kappa shape index (κ2) is 7.83. The highest BCUT2D eigenvalue weighted by Crippen LogP contribution is 2.22. The lowest BCUT2D eigenvalue weighted by Gasteiger charge is -2.35. The van der Waals surface area contributed by atoms with E-state index < -0.39 is 29.0 Å². The SMILES string of the molecule is CC(C)(C)OC(=O)N1CCN(S(=O)(=O)c2cccc(OB(O)O)c2)CC1. The number of sulfonamides is 1. The summed E-state index contributed by atoms with van der Waals surface area (Å²) in [5.41, 5.74) is -0.613. The summed E-state index contributed by atoms with van der Waals surface area (Å²) in [4.78, 5) is 13.5. The van der Waals surface area contributed by atoms with Crippen LogP contribution in [0.4, 0.5) is 4.79 Å². The van der Waals surface area contributed by atoms with Crippen molar-refractivity contribution in [1.29, 1.82) is 0 Å². The predicted octanol–water partition coefficient (Wildman–Crippen LogP) is 0.276. The minimum absolute atomic E-state index is 0.0217. The average Bonchev–Trinajstić information content (AvgIpc) is 2.53. The Bertz CT molecular complexity index is 741. The van der Waals surface area contributed by atoms with Crippen LogP contribution in [0, 0.1) is 0 Å². The van der Waals surface area contributed by atoms with Crippen LogP contribution in [0.15, 0.2) is 29.2 Å². The molecule has 2 rings (SSSR count). The molecule has 0 unspecified atom stereocenters. The Kier molecular flexibility index (Phi) is 6.17. The van der Waals surface area contributed by atoms with Crippen molar-refractivity contribution >= 4 is 23.4 Å². The highest BCUT2D eigenvalue weighted by Gasteiger charge is 2.32. The molecule has 1 fully saturated rings. The Balaban J connectivity index is 2.05. The zero-order chi connectivity index (χ0) is 19.5. The summed E-state index contributed by atoms with van der Waals surface area (Å²) in [5.74, 6) is 0.0217. The Hall–Kier alpha value is -1.82. The smallest absolute Gasteiger partial charge is 0.512 e. The molecule has 1 aromatic carbocycles. The number of piperazine rings is 1. The van der Waals surface area contributed by atoms with E-state index in [0.29, 0.717) is 0 Å². The maximum absolute atomic E-state index is 12.7. The molecule has 2 N–H and O–H groups in total. The van der Waals surface area contributed by atoms with Gasteiger partial charge in [-0.15, -0.1) is 0 Å². The van der Waals surface area contributed by atoms with E-state index in [0.717, 1.165) is 0 Å². The van der Waals surface area contributed by atoms with Crippen molar-refractivity contribution in [3.05, 3.63) is 24.3 Å². The number of hydrogen-bond acceptors (Lipinski definition) is 7. The lowest BCUT2D eigenvalue weighted by molar-refractivity contribution is 0.0192. The van der Waals surface area contributed by atoms with Crippen LogP contribution < -0.4 is 4.65 Å². The summed E-state index contributed by atoms with van der Waals surface area (Å²) < 4.78 is 36.7. The van der Waals surface area contributed by atoms with E-state index in [-0.39, 0.29) is 36.8 Å². The van der Waals surface area contributed by atoms with Gasteiger partial charge in [0.2, 0.25) is 10.0 Å². The molecule has 0 bridgehead atoms. The fraction of sp³-hybridized carbons (Fsp3) is 0.533. The Morgan fingerprint density at radius 3 is 2.31 bits per heavy atom. The molecule has 0 radical (unpaired) electrons. The molecule has 1 amide bonds. The van der Waals surface area contributed by atoms with Crippen molar-refractivity contribution in [2.75, 3.05) is 26.2 Å². The van der Waals surface area contributed by atoms with Gasteiger partial charge in [0.25, 0.3) is 0 Å². The zero-order valence-electron chi connectivity index (χ0n) is 15.0. The van der Waals surface area contributed by atoms with Crippen molar-refractivity contribution < 1.29 is 32.7 Å². The van der Waals surface area contributed by atoms with Gasteiger partial charge >= 0.3 is 13.4 Å². The van der Waals surface area contributed by atoms with Crippen LogP contribution in [0.5, 0.6) is 5.75 Å². The Labute approximate surface area is 153 Å². The van der Waals surface area contributed by atoms with E-state index in [2.05, 4.69) is 0 Å². The largest absolute Gasteiger partial charge is 0.707 e. The molecular weight excluding hydrogens is 363 g/mol. The van der Waals surface area contributed by atoms with Crippen molar-refractivity contribution in [2.24, 2.45) is 0 Å². The van der Waals surface area contributed by atoms with Crippen LogP contribution in [0.2, 0.25) is 0 Å². The zero-order valence-corrected chi connectivity index (χ0v) is 15.8. The summed E-state index contributed by atoms with van der Waals surface area (Å²) in [6.45, 7) is 6.02. The number of nitrogens with zero attached hydrogens (tertiary/aromatic N) is 2. The molecule has 1 aliphatic heterocycles. The summed E-state index contributed by atoms with van der Waals surface area (Å²) in [5, 5.41) is 17.7. The van der Waals surface area contributed by atoms with Gasteiger partial charge < -0.3 is 24.3 Å². The summed E-state index contributed by atoms with van der Waals surface area (Å²) >= 11 is 0. The van der Waals surface area contributed by atoms with E-state index in [4.69, 9.17) is 19.4 Å². The lowest BCUT2D eigenvalue weighted by atomic mass is 10.2. The maximum Gasteiger partial charge on any atom is 0.707 e. The van der Waals surface area contributed by atoms with Gasteiger partial charge in [0.05, 0.1) is 4.90 Å². The molecule has 0 spiro atoms. The molecule has 144 valence electrons. The number of benzene rings is 1. The van der Waals surface area contributed by atoms with Crippen molar-refractivity contribution in [2.45, 2.75) is 31.3 Å². The molecule has 0 saturated carbocycles. The Morgan fingerprint density at radius 2 is 1.77 bits per heavy atom. The number of hydrogen-bond donors (Lipinski definition) is 2. The monoisotopic (exact) mass is 386 g/mol. The highest BCUT2D eigenvalue weighted by atomic mass is 32.2. The maximum atomic E-state index is 12.7. The first-order chi connectivity index (χ1) is 12.0. The molecule has 1 saturated heterocycles. The highest BCUT2D eigenvalue weighted by molar-refractivity contribution is 7.89. The lowest BCUT2D eigenvalue weighted by Crippen LogP contribution is -2.51. The molecule has 1 aromatic rings. The minimum atomic E-state index is -3.79. The number of rotatable bonds is 4. The quantitative estimate of drug-likeness (QED) is 0.714. The van der Waals surface area contributed by atoms with Crippen LogP contribution in [0.3, 0.4) is 0 Å². The molecular formula is C15H23BN2O7S. The van der Waals surface area contributed by atoms with Crippen LogP contribution in [-0.4, -0.2) is 72.9 Å². The fourth-order valence-electron chi connectivity index (χ4n) is 2.42. The van der Waals surface area contributed by atoms with Gasteiger partial charge in [0.1, 0.15) is 11.4 Å². The average molecular weight is 386 g/mol. The van der Waals surface area contributed by atoms with Crippen molar-refractivity contribution in [1.82, 2.24) is 9.21 Å². The summed E-state index contributed by atoms with van der Waals surface area (Å²) in [6.07, 6.45) is -0.470. The number of amides is 1. The second-order valence-corrected chi connectivity index (χ2v) is 8.73. The van der Waals surface area contributed by atoms with Gasteiger partial charge in [-0.1, -0.05) is 6.07 Å². The van der Waals surface area contributed by atoms with E-state index in [9.17, 15) is 13.2 Å². The minimum Gasteiger partial charge on any atom is -0.512 e. The normalized spacial score (nSPS) is 16.3. The first-order valence-corrected chi connectivity index (χ1v) is 9.54. The summed E-state index contributed by atoms with van der Waals surface area (Å²) in [6, 6.07) is 5.47. The van der Waals surface area contributed by atoms with Gasteiger partial charge in [0, 0.05) is 26.2 Å². The first-order valence-electron chi connectivity index (χ1n) is 8.10. The molecule has 0 atom stereocenters. The van der Waals surface area contributed by atoms with Crippen molar-refractivity contribution in [3.63, 3.8) is 0 Å². The third-order valence-electron chi connectivity index (χ3n) is 3.58. The van der Waals surface area contributed by atoms with Gasteiger partial charge in [-0.25, -0.2) is 13.2 Å². The van der Waals surface area contributed by atoms with E-state index in [1.165, 1.54) is 33.5 Å². The van der Waals surface area contributed by atoms with Gasteiger partial charge in [-0.05, 0) is 39.0 Å². The van der Waals surface area contributed by atoms with Crippen LogP contribution in [-0.2, 0) is 14.8 Å². The van der Waals surface area contributed by atoms with Gasteiger partial charge in [-0.2, -0.15) is 4.31 Å². The van der Waals surface area contributed by atoms with Crippen LogP contribution in [0.25, 0.3) is 0 Å². The molecule has 1 heterocycles. The van der Waals surface area contributed by atoms with E-state index in [1.54, 1.807) is 20.8 Å². The Morgan fingerprint density at radius 1 is 1.15 bits per heavy atom. The number of carbonyl (C=O) groups excluding carboxylic acids is 1. The molecule has 1 aliphatic rings. The number of ether oxygens (including phenoxy) is 1. The predicted molar refractivity (Wildman–Crippen MR) is 93.8 cm³/mol. The summed E-state index contributed by atoms with van der Waals surface area (Å²) in [7, 11) is -5.83. The van der Waals surface area contributed by atoms with Crippen LogP contribution >= 0.6 is 0 Å². The van der Waals surface area contributed by atoms with Crippen molar-refractivity contribution in [3.8, 4) is 5.75 Å². The molecule has 26 heavy (non-hydrogen) atoms. The molecule has 0 aromatic heterocycles. The topological polar surface area (TPSA) is 117 Å². The van der Waals surface area contributed by atoms with Crippen LogP contribution in [0.1, 0.15) is 20.8 Å². The van der Waals surface area contributed by atoms with E-state index in [1.807, 2.05) is 0 Å². The standard InChI is InChI=1S/C15H23BN2O7S/c1-15(2,3)24-14(19)17-7-9-18(10-8-17)26(22,23)13-6-4-5-12(11-13)25-16(20)21/h4-6,11,20-21H,7-10H2,1-3H3. The second-order valence-electron chi connectivity index (χ2n) is 6.79. The number of carbonyl (C=O) groups is 1. The fourth-order valence-corrected chi connectivity index (χ4v) is 3.87. The molecule has 9 nitrogen and oxygen atoms in total. The van der Waals surface area contributed by atoms with Gasteiger partial charge in [0.15, 0.2) is 0 Å². The van der Waals surface area contributed by atoms with E-state index >= 15 is 0 Å². The first kappa shape index (κ1) is 20.5. The van der Waals surface area contributed by atoms with Gasteiger partial charge in [-0.3, -0.25) is 0 Å². The third-order valence-corrected chi connectivity index (χ3v) is 5.47. The third kappa shape index (κ3) is 5.34. The molecule has 0 aliphatic carbocycles. The molecule has 11 heteroatoms.